The summed E-state index contributed by atoms with van der Waals surface area (Å²) in [6.07, 6.45) is 4.44. The standard InChI is InChI=1S/C15H31N3O/c1-6-14-16-13(11-12(2)3)15(19)18(14)10-8-7-9-17(4)5/h12-14,16H,6-11H2,1-5H3. The lowest BCUT2D eigenvalue weighted by atomic mass is 10.0. The van der Waals surface area contributed by atoms with Gasteiger partial charge >= 0.3 is 0 Å². The minimum absolute atomic E-state index is 0.0406. The zero-order valence-corrected chi connectivity index (χ0v) is 13.3. The fourth-order valence-corrected chi connectivity index (χ4v) is 2.70. The molecule has 0 radical (unpaired) electrons. The molecule has 1 amide bonds. The summed E-state index contributed by atoms with van der Waals surface area (Å²) in [6.45, 7) is 8.50. The molecule has 1 saturated heterocycles. The molecule has 0 aromatic heterocycles. The van der Waals surface area contributed by atoms with Crippen molar-refractivity contribution in [3.8, 4) is 0 Å². The van der Waals surface area contributed by atoms with Crippen molar-refractivity contribution in [2.24, 2.45) is 5.92 Å². The summed E-state index contributed by atoms with van der Waals surface area (Å²) in [5.41, 5.74) is 0. The molecule has 0 bridgehead atoms. The maximum absolute atomic E-state index is 12.4. The molecule has 1 aliphatic rings. The van der Waals surface area contributed by atoms with Crippen molar-refractivity contribution < 1.29 is 4.79 Å². The van der Waals surface area contributed by atoms with E-state index in [-0.39, 0.29) is 12.2 Å². The fourth-order valence-electron chi connectivity index (χ4n) is 2.70. The molecule has 0 aromatic carbocycles. The van der Waals surface area contributed by atoms with Crippen molar-refractivity contribution in [1.29, 1.82) is 0 Å². The molecule has 0 aromatic rings. The van der Waals surface area contributed by atoms with Crippen LogP contribution in [0.2, 0.25) is 0 Å². The van der Waals surface area contributed by atoms with Gasteiger partial charge in [-0.1, -0.05) is 20.8 Å². The van der Waals surface area contributed by atoms with E-state index in [2.05, 4.69) is 50.0 Å². The van der Waals surface area contributed by atoms with Gasteiger partial charge in [0.1, 0.15) is 0 Å². The molecule has 0 spiro atoms. The summed E-state index contributed by atoms with van der Waals surface area (Å²) in [5.74, 6) is 0.873. The van der Waals surface area contributed by atoms with Gasteiger partial charge in [0, 0.05) is 6.54 Å². The van der Waals surface area contributed by atoms with Gasteiger partial charge in [0.05, 0.1) is 12.2 Å². The second-order valence-electron chi connectivity index (χ2n) is 6.31. The average Bonchev–Trinajstić information content (AvgIpc) is 2.61. The molecular weight excluding hydrogens is 238 g/mol. The summed E-state index contributed by atoms with van der Waals surface area (Å²) in [4.78, 5) is 16.6. The van der Waals surface area contributed by atoms with Crippen LogP contribution in [0.3, 0.4) is 0 Å². The highest BCUT2D eigenvalue weighted by Crippen LogP contribution is 2.19. The van der Waals surface area contributed by atoms with E-state index in [0.29, 0.717) is 11.8 Å². The largest absolute Gasteiger partial charge is 0.326 e. The molecule has 4 nitrogen and oxygen atoms in total. The monoisotopic (exact) mass is 269 g/mol. The van der Waals surface area contributed by atoms with Gasteiger partial charge in [-0.2, -0.15) is 0 Å². The SMILES string of the molecule is CCC1NC(CC(C)C)C(=O)N1CCCCN(C)C. The van der Waals surface area contributed by atoms with Crippen LogP contribution in [0.15, 0.2) is 0 Å². The Balaban J connectivity index is 2.43. The summed E-state index contributed by atoms with van der Waals surface area (Å²) >= 11 is 0. The van der Waals surface area contributed by atoms with Gasteiger partial charge < -0.3 is 9.80 Å². The molecule has 1 N–H and O–H groups in total. The highest BCUT2D eigenvalue weighted by molar-refractivity contribution is 5.84. The van der Waals surface area contributed by atoms with Gasteiger partial charge in [0.25, 0.3) is 0 Å². The Labute approximate surface area is 118 Å². The van der Waals surface area contributed by atoms with E-state index in [1.54, 1.807) is 0 Å². The number of carbonyl (C=O) groups excluding carboxylic acids is 1. The first kappa shape index (κ1) is 16.4. The number of unbranched alkanes of at least 4 members (excludes halogenated alkanes) is 1. The lowest BCUT2D eigenvalue weighted by molar-refractivity contribution is -0.130. The van der Waals surface area contributed by atoms with E-state index in [1.165, 1.54) is 0 Å². The molecule has 2 unspecified atom stereocenters. The second kappa shape index (κ2) is 7.85. The number of rotatable bonds is 8. The smallest absolute Gasteiger partial charge is 0.241 e. The van der Waals surface area contributed by atoms with Gasteiger partial charge in [-0.25, -0.2) is 0 Å². The number of carbonyl (C=O) groups is 1. The van der Waals surface area contributed by atoms with Crippen LogP contribution in [0, 0.1) is 5.92 Å². The predicted molar refractivity (Wildman–Crippen MR) is 80.0 cm³/mol. The Morgan fingerprint density at radius 2 is 2.00 bits per heavy atom. The molecule has 1 aliphatic heterocycles. The van der Waals surface area contributed by atoms with E-state index in [4.69, 9.17) is 0 Å². The zero-order valence-electron chi connectivity index (χ0n) is 13.3. The highest BCUT2D eigenvalue weighted by atomic mass is 16.2. The van der Waals surface area contributed by atoms with E-state index < -0.39 is 0 Å². The van der Waals surface area contributed by atoms with Crippen LogP contribution >= 0.6 is 0 Å². The third kappa shape index (κ3) is 5.11. The van der Waals surface area contributed by atoms with Crippen LogP contribution in [-0.4, -0.2) is 55.1 Å². The van der Waals surface area contributed by atoms with Crippen LogP contribution in [0.25, 0.3) is 0 Å². The van der Waals surface area contributed by atoms with Gasteiger partial charge in [0.2, 0.25) is 5.91 Å². The molecule has 1 fully saturated rings. The summed E-state index contributed by atoms with van der Waals surface area (Å²) in [7, 11) is 4.19. The molecule has 1 heterocycles. The Hall–Kier alpha value is -0.610. The van der Waals surface area contributed by atoms with E-state index in [0.717, 1.165) is 38.8 Å². The summed E-state index contributed by atoms with van der Waals surface area (Å²) in [5, 5.41) is 3.49. The van der Waals surface area contributed by atoms with E-state index in [9.17, 15) is 4.79 Å². The van der Waals surface area contributed by atoms with E-state index in [1.807, 2.05) is 0 Å². The third-order valence-electron chi connectivity index (χ3n) is 3.70. The van der Waals surface area contributed by atoms with Crippen LogP contribution in [0.4, 0.5) is 0 Å². The van der Waals surface area contributed by atoms with Crippen molar-refractivity contribution in [2.75, 3.05) is 27.2 Å². The first-order valence-corrected chi connectivity index (χ1v) is 7.67. The number of hydrogen-bond donors (Lipinski definition) is 1. The Morgan fingerprint density at radius 1 is 1.32 bits per heavy atom. The lowest BCUT2D eigenvalue weighted by Crippen LogP contribution is -2.37. The van der Waals surface area contributed by atoms with Crippen molar-refractivity contribution in [2.45, 2.75) is 58.7 Å². The quantitative estimate of drug-likeness (QED) is 0.684. The Morgan fingerprint density at radius 3 is 2.53 bits per heavy atom. The van der Waals surface area contributed by atoms with Crippen molar-refractivity contribution >= 4 is 5.91 Å². The Bertz CT molecular complexity index is 279. The predicted octanol–water partition coefficient (Wildman–Crippen LogP) is 1.91. The van der Waals surface area contributed by atoms with Crippen molar-refractivity contribution in [3.63, 3.8) is 0 Å². The zero-order chi connectivity index (χ0) is 14.4. The van der Waals surface area contributed by atoms with Gasteiger partial charge in [-0.05, 0) is 52.2 Å². The number of hydrogen-bond acceptors (Lipinski definition) is 3. The van der Waals surface area contributed by atoms with Crippen LogP contribution < -0.4 is 5.32 Å². The maximum atomic E-state index is 12.4. The van der Waals surface area contributed by atoms with Crippen molar-refractivity contribution in [1.82, 2.24) is 15.1 Å². The molecule has 4 heteroatoms. The third-order valence-corrected chi connectivity index (χ3v) is 3.70. The molecule has 19 heavy (non-hydrogen) atoms. The molecular formula is C15H31N3O. The van der Waals surface area contributed by atoms with Gasteiger partial charge in [0.15, 0.2) is 0 Å². The van der Waals surface area contributed by atoms with Gasteiger partial charge in [-0.15, -0.1) is 0 Å². The first-order valence-electron chi connectivity index (χ1n) is 7.67. The average molecular weight is 269 g/mol. The summed E-state index contributed by atoms with van der Waals surface area (Å²) < 4.78 is 0. The molecule has 0 saturated carbocycles. The summed E-state index contributed by atoms with van der Waals surface area (Å²) in [6, 6.07) is 0.0406. The molecule has 2 atom stereocenters. The van der Waals surface area contributed by atoms with E-state index >= 15 is 0 Å². The minimum atomic E-state index is 0.0406. The maximum Gasteiger partial charge on any atom is 0.241 e. The topological polar surface area (TPSA) is 35.6 Å². The van der Waals surface area contributed by atoms with Crippen LogP contribution in [0.1, 0.15) is 46.5 Å². The lowest BCUT2D eigenvalue weighted by Gasteiger charge is -2.23. The van der Waals surface area contributed by atoms with Crippen LogP contribution in [-0.2, 0) is 4.79 Å². The second-order valence-corrected chi connectivity index (χ2v) is 6.31. The Kier molecular flexibility index (Phi) is 6.80. The fraction of sp³-hybridized carbons (Fsp3) is 0.933. The normalized spacial score (nSPS) is 23.9. The van der Waals surface area contributed by atoms with Gasteiger partial charge in [-0.3, -0.25) is 10.1 Å². The van der Waals surface area contributed by atoms with Crippen LogP contribution in [0.5, 0.6) is 0 Å². The molecule has 1 rings (SSSR count). The minimum Gasteiger partial charge on any atom is -0.326 e. The molecule has 112 valence electrons. The van der Waals surface area contributed by atoms with Crippen molar-refractivity contribution in [3.05, 3.63) is 0 Å². The molecule has 0 aliphatic carbocycles. The number of nitrogens with zero attached hydrogens (tertiary/aromatic N) is 2. The first-order chi connectivity index (χ1) is 8.95. The number of amides is 1. The number of nitrogens with one attached hydrogen (secondary N) is 1. The highest BCUT2D eigenvalue weighted by Gasteiger charge is 2.37.